The molecule has 3 nitrogen and oxygen atoms in total. The average Bonchev–Trinajstić information content (AvgIpc) is 2.45. The van der Waals surface area contributed by atoms with Gasteiger partial charge in [-0.2, -0.15) is 4.40 Å². The van der Waals surface area contributed by atoms with E-state index in [1.165, 1.54) is 17.6 Å². The Balaban J connectivity index is 2.70. The molecule has 0 saturated heterocycles. The van der Waals surface area contributed by atoms with Crippen LogP contribution in [0.25, 0.3) is 0 Å². The summed E-state index contributed by atoms with van der Waals surface area (Å²) in [5.74, 6) is 0. The molecule has 0 spiro atoms. The Morgan fingerprint density at radius 1 is 1.64 bits per heavy atom. The van der Waals surface area contributed by atoms with Gasteiger partial charge in [-0.3, -0.25) is 0 Å². The largest absolute Gasteiger partial charge is 0.242 e. The molecular weight excluding hydrogens is 240 g/mol. The molecule has 0 unspecified atom stereocenters. The summed E-state index contributed by atoms with van der Waals surface area (Å²) >= 11 is 7.00. The molecule has 0 saturated carbocycles. The number of hydrogen-bond donors (Lipinski definition) is 0. The van der Waals surface area contributed by atoms with Crippen LogP contribution in [0.15, 0.2) is 10.6 Å². The van der Waals surface area contributed by atoms with Crippen LogP contribution in [0.2, 0.25) is 4.34 Å². The number of halogens is 1. The van der Waals surface area contributed by atoms with Gasteiger partial charge in [0.05, 0.1) is 17.2 Å². The zero-order chi connectivity index (χ0) is 10.8. The third-order valence-corrected chi connectivity index (χ3v) is 3.67. The van der Waals surface area contributed by atoms with Gasteiger partial charge < -0.3 is 0 Å². The van der Waals surface area contributed by atoms with Gasteiger partial charge in [-0.15, -0.1) is 11.3 Å². The standard InChI is InChI=1S/C8H11ClN2OS2/c1-8(2,3)14(12)11-5-7-10-4-6(9)13-7/h4-5H,1-3H3/t14-/m1/s1. The molecule has 1 atom stereocenters. The van der Waals surface area contributed by atoms with Crippen molar-refractivity contribution >= 4 is 40.1 Å². The van der Waals surface area contributed by atoms with Gasteiger partial charge >= 0.3 is 0 Å². The Kier molecular flexibility index (Phi) is 3.80. The molecule has 0 radical (unpaired) electrons. The second-order valence-corrected chi connectivity index (χ2v) is 7.23. The lowest BCUT2D eigenvalue weighted by molar-refractivity contribution is 0.651. The first-order valence-electron chi connectivity index (χ1n) is 3.97. The minimum Gasteiger partial charge on any atom is -0.242 e. The van der Waals surface area contributed by atoms with Crippen molar-refractivity contribution in [1.82, 2.24) is 4.98 Å². The van der Waals surface area contributed by atoms with Gasteiger partial charge in [0.2, 0.25) is 0 Å². The molecule has 0 aliphatic rings. The van der Waals surface area contributed by atoms with E-state index >= 15 is 0 Å². The predicted octanol–water partition coefficient (Wildman–Crippen LogP) is 2.68. The van der Waals surface area contributed by atoms with Crippen molar-refractivity contribution in [2.45, 2.75) is 25.5 Å². The lowest BCUT2D eigenvalue weighted by Gasteiger charge is -2.12. The Bertz CT molecular complexity index is 368. The van der Waals surface area contributed by atoms with Gasteiger partial charge in [-0.05, 0) is 20.8 Å². The van der Waals surface area contributed by atoms with Gasteiger partial charge in [0, 0.05) is 0 Å². The third-order valence-electron chi connectivity index (χ3n) is 1.28. The fourth-order valence-corrected chi connectivity index (χ4v) is 1.96. The first-order valence-corrected chi connectivity index (χ1v) is 6.27. The summed E-state index contributed by atoms with van der Waals surface area (Å²) < 4.78 is 15.7. The van der Waals surface area contributed by atoms with Crippen LogP contribution in [0.5, 0.6) is 0 Å². The average molecular weight is 251 g/mol. The zero-order valence-corrected chi connectivity index (χ0v) is 10.5. The molecule has 78 valence electrons. The molecule has 1 heterocycles. The molecule has 1 aromatic heterocycles. The third kappa shape index (κ3) is 3.48. The quantitative estimate of drug-likeness (QED) is 0.758. The van der Waals surface area contributed by atoms with Crippen molar-refractivity contribution in [3.63, 3.8) is 0 Å². The first kappa shape index (κ1) is 11.8. The van der Waals surface area contributed by atoms with Crippen molar-refractivity contribution in [3.05, 3.63) is 15.5 Å². The number of aromatic nitrogens is 1. The van der Waals surface area contributed by atoms with Crippen molar-refractivity contribution in [3.8, 4) is 0 Å². The van der Waals surface area contributed by atoms with E-state index in [9.17, 15) is 4.21 Å². The monoisotopic (exact) mass is 250 g/mol. The van der Waals surface area contributed by atoms with Gasteiger partial charge in [0.15, 0.2) is 0 Å². The maximum Gasteiger partial charge on any atom is 0.144 e. The number of nitrogens with zero attached hydrogens (tertiary/aromatic N) is 2. The summed E-state index contributed by atoms with van der Waals surface area (Å²) in [6, 6.07) is 0. The highest BCUT2D eigenvalue weighted by atomic mass is 35.5. The highest BCUT2D eigenvalue weighted by Gasteiger charge is 2.18. The molecule has 0 fully saturated rings. The number of rotatable bonds is 2. The van der Waals surface area contributed by atoms with E-state index in [1.807, 2.05) is 20.8 Å². The molecule has 1 rings (SSSR count). The molecule has 6 heteroatoms. The molecule has 0 aliphatic heterocycles. The smallest absolute Gasteiger partial charge is 0.144 e. The highest BCUT2D eigenvalue weighted by molar-refractivity contribution is 7.85. The SMILES string of the molecule is CC(C)(C)[S@@](=O)N=Cc1ncc(Cl)s1. The van der Waals surface area contributed by atoms with Crippen molar-refractivity contribution < 1.29 is 4.21 Å². The normalized spacial score (nSPS) is 14.9. The minimum absolute atomic E-state index is 0.336. The van der Waals surface area contributed by atoms with Gasteiger partial charge in [-0.1, -0.05) is 11.6 Å². The summed E-state index contributed by atoms with van der Waals surface area (Å²) in [6.07, 6.45) is 3.05. The van der Waals surface area contributed by atoms with Crippen molar-refractivity contribution in [2.24, 2.45) is 4.40 Å². The number of hydrogen-bond acceptors (Lipinski definition) is 3. The molecule has 0 aromatic carbocycles. The fourth-order valence-electron chi connectivity index (χ4n) is 0.578. The Labute approximate surface area is 94.8 Å². The maximum atomic E-state index is 11.5. The molecule has 0 aliphatic carbocycles. The minimum atomic E-state index is -1.24. The van der Waals surface area contributed by atoms with Crippen LogP contribution in [-0.2, 0) is 11.0 Å². The molecular formula is C8H11ClN2OS2. The van der Waals surface area contributed by atoms with Crippen LogP contribution in [-0.4, -0.2) is 20.2 Å². The zero-order valence-electron chi connectivity index (χ0n) is 8.15. The Morgan fingerprint density at radius 3 is 2.71 bits per heavy atom. The van der Waals surface area contributed by atoms with Gasteiger partial charge in [0.25, 0.3) is 0 Å². The molecule has 0 bridgehead atoms. The molecule has 0 amide bonds. The van der Waals surface area contributed by atoms with Crippen LogP contribution in [0, 0.1) is 0 Å². The summed E-state index contributed by atoms with van der Waals surface area (Å²) in [7, 11) is -1.24. The van der Waals surface area contributed by atoms with E-state index in [4.69, 9.17) is 11.6 Å². The molecule has 1 aromatic rings. The highest BCUT2D eigenvalue weighted by Crippen LogP contribution is 2.17. The number of thiazole rings is 1. The van der Waals surface area contributed by atoms with Gasteiger partial charge in [-0.25, -0.2) is 9.19 Å². The summed E-state index contributed by atoms with van der Waals surface area (Å²) in [5, 5.41) is 0.674. The van der Waals surface area contributed by atoms with Crippen LogP contribution in [0.1, 0.15) is 25.8 Å². The lowest BCUT2D eigenvalue weighted by atomic mass is 10.3. The van der Waals surface area contributed by atoms with E-state index in [-0.39, 0.29) is 4.75 Å². The Morgan fingerprint density at radius 2 is 2.29 bits per heavy atom. The van der Waals surface area contributed by atoms with Crippen LogP contribution in [0.3, 0.4) is 0 Å². The molecule has 0 N–H and O–H groups in total. The molecule has 14 heavy (non-hydrogen) atoms. The van der Waals surface area contributed by atoms with E-state index in [1.54, 1.807) is 6.20 Å². The van der Waals surface area contributed by atoms with Crippen molar-refractivity contribution in [2.75, 3.05) is 0 Å². The van der Waals surface area contributed by atoms with Crippen molar-refractivity contribution in [1.29, 1.82) is 0 Å². The van der Waals surface area contributed by atoms with Crippen LogP contribution >= 0.6 is 22.9 Å². The van der Waals surface area contributed by atoms with Crippen LogP contribution in [0.4, 0.5) is 0 Å². The summed E-state index contributed by atoms with van der Waals surface area (Å²) in [5.41, 5.74) is 0. The predicted molar refractivity (Wildman–Crippen MR) is 62.6 cm³/mol. The van der Waals surface area contributed by atoms with E-state index in [2.05, 4.69) is 9.38 Å². The van der Waals surface area contributed by atoms with E-state index < -0.39 is 11.0 Å². The summed E-state index contributed by atoms with van der Waals surface area (Å²) in [6.45, 7) is 5.61. The maximum absolute atomic E-state index is 11.5. The first-order chi connectivity index (χ1) is 6.39. The second-order valence-electron chi connectivity index (χ2n) is 3.60. The summed E-state index contributed by atoms with van der Waals surface area (Å²) in [4.78, 5) is 3.97. The van der Waals surface area contributed by atoms with Crippen LogP contribution < -0.4 is 0 Å². The van der Waals surface area contributed by atoms with Gasteiger partial charge in [0.1, 0.15) is 20.3 Å². The lowest BCUT2D eigenvalue weighted by Crippen LogP contribution is -2.19. The van der Waals surface area contributed by atoms with E-state index in [0.717, 1.165) is 0 Å². The topological polar surface area (TPSA) is 42.3 Å². The Hall–Kier alpha value is -0.260. The van der Waals surface area contributed by atoms with E-state index in [0.29, 0.717) is 9.34 Å². The second kappa shape index (κ2) is 4.51. The fraction of sp³-hybridized carbons (Fsp3) is 0.500.